The second kappa shape index (κ2) is 8.07. The van der Waals surface area contributed by atoms with Crippen LogP contribution in [0.2, 0.25) is 0 Å². The molecule has 0 radical (unpaired) electrons. The van der Waals surface area contributed by atoms with Crippen molar-refractivity contribution in [2.24, 2.45) is 0 Å². The standard InChI is InChI=1S/C26H21N3O3/c30-24-22(15-19-16-27-23-14-8-7-13-21(19)23)25(31)29(20-11-5-2-6-12-20)26(32)28(24)17-18-9-3-1-4-10-18/h1-14,16,27,30H,15,17H2. The summed E-state index contributed by atoms with van der Waals surface area (Å²) in [4.78, 5) is 30.0. The molecule has 0 aliphatic heterocycles. The monoisotopic (exact) mass is 423 g/mol. The number of aromatic amines is 1. The minimum atomic E-state index is -0.578. The van der Waals surface area contributed by atoms with Gasteiger partial charge < -0.3 is 10.1 Å². The van der Waals surface area contributed by atoms with E-state index in [1.165, 1.54) is 4.57 Å². The van der Waals surface area contributed by atoms with Crippen LogP contribution in [0.15, 0.2) is 101 Å². The van der Waals surface area contributed by atoms with Gasteiger partial charge in [0.1, 0.15) is 0 Å². The van der Waals surface area contributed by atoms with Gasteiger partial charge in [-0.3, -0.25) is 9.36 Å². The minimum Gasteiger partial charge on any atom is -0.494 e. The van der Waals surface area contributed by atoms with Gasteiger partial charge in [-0.1, -0.05) is 66.7 Å². The van der Waals surface area contributed by atoms with Crippen molar-refractivity contribution >= 4 is 10.9 Å². The first kappa shape index (κ1) is 19.6. The zero-order valence-electron chi connectivity index (χ0n) is 17.2. The van der Waals surface area contributed by atoms with Crippen LogP contribution < -0.4 is 11.2 Å². The summed E-state index contributed by atoms with van der Waals surface area (Å²) in [6.45, 7) is 0.152. The van der Waals surface area contributed by atoms with Gasteiger partial charge in [0, 0.05) is 23.5 Å². The van der Waals surface area contributed by atoms with Crippen molar-refractivity contribution in [3.8, 4) is 11.6 Å². The van der Waals surface area contributed by atoms with Crippen molar-refractivity contribution in [2.45, 2.75) is 13.0 Å². The van der Waals surface area contributed by atoms with Gasteiger partial charge in [0.05, 0.1) is 17.8 Å². The third kappa shape index (κ3) is 3.41. The van der Waals surface area contributed by atoms with Crippen LogP contribution in [0, 0.1) is 0 Å². The molecule has 0 fully saturated rings. The van der Waals surface area contributed by atoms with Crippen molar-refractivity contribution in [3.63, 3.8) is 0 Å². The highest BCUT2D eigenvalue weighted by molar-refractivity contribution is 5.83. The predicted octanol–water partition coefficient (Wildman–Crippen LogP) is 3.83. The number of hydrogen-bond acceptors (Lipinski definition) is 3. The highest BCUT2D eigenvalue weighted by atomic mass is 16.3. The van der Waals surface area contributed by atoms with E-state index < -0.39 is 11.2 Å². The van der Waals surface area contributed by atoms with Crippen LogP contribution in [0.5, 0.6) is 5.88 Å². The summed E-state index contributed by atoms with van der Waals surface area (Å²) in [5, 5.41) is 12.1. The number of aromatic hydroxyl groups is 1. The zero-order valence-corrected chi connectivity index (χ0v) is 17.2. The Labute approximate surface area is 183 Å². The Morgan fingerprint density at radius 2 is 1.47 bits per heavy atom. The molecular formula is C26H21N3O3. The molecule has 32 heavy (non-hydrogen) atoms. The lowest BCUT2D eigenvalue weighted by molar-refractivity contribution is 0.398. The second-order valence-electron chi connectivity index (χ2n) is 7.67. The summed E-state index contributed by atoms with van der Waals surface area (Å²) in [7, 11) is 0. The number of H-pyrrole nitrogens is 1. The maximum Gasteiger partial charge on any atom is 0.338 e. The van der Waals surface area contributed by atoms with Crippen LogP contribution in [0.25, 0.3) is 16.6 Å². The molecule has 6 nitrogen and oxygen atoms in total. The summed E-state index contributed by atoms with van der Waals surface area (Å²) in [6, 6.07) is 26.0. The average Bonchev–Trinajstić information content (AvgIpc) is 3.24. The number of nitrogens with one attached hydrogen (secondary N) is 1. The van der Waals surface area contributed by atoms with Crippen LogP contribution in [0.3, 0.4) is 0 Å². The van der Waals surface area contributed by atoms with Crippen molar-refractivity contribution in [1.29, 1.82) is 0 Å². The molecule has 0 amide bonds. The first-order chi connectivity index (χ1) is 15.6. The summed E-state index contributed by atoms with van der Waals surface area (Å²) in [5.74, 6) is -0.304. The quantitative estimate of drug-likeness (QED) is 0.451. The summed E-state index contributed by atoms with van der Waals surface area (Å²) < 4.78 is 2.39. The molecule has 0 bridgehead atoms. The minimum absolute atomic E-state index is 0.152. The largest absolute Gasteiger partial charge is 0.494 e. The third-order valence-electron chi connectivity index (χ3n) is 5.65. The number of rotatable bonds is 5. The lowest BCUT2D eigenvalue weighted by atomic mass is 10.1. The highest BCUT2D eigenvalue weighted by Crippen LogP contribution is 2.23. The number of benzene rings is 3. The SMILES string of the molecule is O=c1c(Cc2c[nH]c3ccccc23)c(O)n(Cc2ccccc2)c(=O)n1-c1ccccc1. The van der Waals surface area contributed by atoms with E-state index in [4.69, 9.17) is 0 Å². The Kier molecular flexibility index (Phi) is 4.95. The molecule has 2 N–H and O–H groups in total. The van der Waals surface area contributed by atoms with E-state index in [0.717, 1.165) is 26.6 Å². The molecule has 0 atom stereocenters. The van der Waals surface area contributed by atoms with Crippen molar-refractivity contribution in [1.82, 2.24) is 14.1 Å². The lowest BCUT2D eigenvalue weighted by Crippen LogP contribution is -2.40. The number of aromatic nitrogens is 3. The van der Waals surface area contributed by atoms with Crippen molar-refractivity contribution in [2.75, 3.05) is 0 Å². The molecule has 0 unspecified atom stereocenters. The van der Waals surface area contributed by atoms with Crippen LogP contribution in [0.1, 0.15) is 16.7 Å². The Morgan fingerprint density at radius 1 is 0.812 bits per heavy atom. The maximum atomic E-state index is 13.5. The molecule has 0 aliphatic carbocycles. The van der Waals surface area contributed by atoms with Gasteiger partial charge in [-0.2, -0.15) is 0 Å². The topological polar surface area (TPSA) is 80.0 Å². The van der Waals surface area contributed by atoms with E-state index in [-0.39, 0.29) is 24.4 Å². The molecule has 5 rings (SSSR count). The van der Waals surface area contributed by atoms with Crippen molar-refractivity contribution in [3.05, 3.63) is 129 Å². The highest BCUT2D eigenvalue weighted by Gasteiger charge is 2.21. The number of hydrogen-bond donors (Lipinski definition) is 2. The molecule has 2 heterocycles. The Morgan fingerprint density at radius 3 is 2.22 bits per heavy atom. The Bertz CT molecular complexity index is 1510. The van der Waals surface area contributed by atoms with Crippen LogP contribution in [0.4, 0.5) is 0 Å². The third-order valence-corrected chi connectivity index (χ3v) is 5.65. The molecular weight excluding hydrogens is 402 g/mol. The van der Waals surface area contributed by atoms with Crippen LogP contribution >= 0.6 is 0 Å². The number of para-hydroxylation sites is 2. The molecule has 0 saturated carbocycles. The first-order valence-electron chi connectivity index (χ1n) is 10.4. The van der Waals surface area contributed by atoms with E-state index >= 15 is 0 Å². The predicted molar refractivity (Wildman–Crippen MR) is 125 cm³/mol. The number of nitrogens with zero attached hydrogens (tertiary/aromatic N) is 2. The lowest BCUT2D eigenvalue weighted by Gasteiger charge is -2.16. The molecule has 0 saturated heterocycles. The first-order valence-corrected chi connectivity index (χ1v) is 10.4. The fraction of sp³-hybridized carbons (Fsp3) is 0.0769. The normalized spacial score (nSPS) is 11.1. The van der Waals surface area contributed by atoms with E-state index in [1.807, 2.05) is 66.9 Å². The molecule has 158 valence electrons. The van der Waals surface area contributed by atoms with Gasteiger partial charge in [-0.05, 0) is 29.3 Å². The van der Waals surface area contributed by atoms with Gasteiger partial charge in [0.25, 0.3) is 5.56 Å². The summed E-state index contributed by atoms with van der Waals surface area (Å²) in [5.41, 5.74) is 2.21. The Hall–Kier alpha value is -4.32. The van der Waals surface area contributed by atoms with E-state index in [2.05, 4.69) is 4.98 Å². The summed E-state index contributed by atoms with van der Waals surface area (Å²) >= 11 is 0. The molecule has 2 aromatic heterocycles. The maximum absolute atomic E-state index is 13.5. The van der Waals surface area contributed by atoms with E-state index in [1.54, 1.807) is 24.3 Å². The van der Waals surface area contributed by atoms with E-state index in [0.29, 0.717) is 5.69 Å². The van der Waals surface area contributed by atoms with E-state index in [9.17, 15) is 14.7 Å². The molecule has 0 spiro atoms. The average molecular weight is 423 g/mol. The van der Waals surface area contributed by atoms with Gasteiger partial charge in [0.15, 0.2) is 0 Å². The van der Waals surface area contributed by atoms with Gasteiger partial charge in [-0.15, -0.1) is 0 Å². The fourth-order valence-corrected chi connectivity index (χ4v) is 4.03. The van der Waals surface area contributed by atoms with Gasteiger partial charge in [0.2, 0.25) is 5.88 Å². The molecule has 0 aliphatic rings. The molecule has 6 heteroatoms. The second-order valence-corrected chi connectivity index (χ2v) is 7.67. The molecule has 5 aromatic rings. The number of fused-ring (bicyclic) bond motifs is 1. The van der Waals surface area contributed by atoms with Crippen molar-refractivity contribution < 1.29 is 5.11 Å². The summed E-state index contributed by atoms with van der Waals surface area (Å²) in [6.07, 6.45) is 2.03. The van der Waals surface area contributed by atoms with Crippen LogP contribution in [-0.2, 0) is 13.0 Å². The van der Waals surface area contributed by atoms with Gasteiger partial charge in [-0.25, -0.2) is 9.36 Å². The van der Waals surface area contributed by atoms with Crippen LogP contribution in [-0.4, -0.2) is 19.2 Å². The van der Waals surface area contributed by atoms with Gasteiger partial charge >= 0.3 is 5.69 Å². The smallest absolute Gasteiger partial charge is 0.338 e. The zero-order chi connectivity index (χ0) is 22.1. The fourth-order valence-electron chi connectivity index (χ4n) is 4.03. The molecule has 3 aromatic carbocycles. The Balaban J connectivity index is 1.73.